The van der Waals surface area contributed by atoms with Gasteiger partial charge in [-0.15, -0.1) is 0 Å². The van der Waals surface area contributed by atoms with Crippen molar-refractivity contribution in [2.45, 2.75) is 31.7 Å². The summed E-state index contributed by atoms with van der Waals surface area (Å²) in [6, 6.07) is 7.35. The summed E-state index contributed by atoms with van der Waals surface area (Å²) in [6.45, 7) is 3.15. The van der Waals surface area contributed by atoms with Crippen LogP contribution in [-0.4, -0.2) is 35.0 Å². The van der Waals surface area contributed by atoms with Gasteiger partial charge >= 0.3 is 0 Å². The minimum atomic E-state index is -0.826. The molecule has 0 radical (unpaired) electrons. The summed E-state index contributed by atoms with van der Waals surface area (Å²) in [5, 5.41) is 22.7. The highest BCUT2D eigenvalue weighted by Crippen LogP contribution is 2.25. The van der Waals surface area contributed by atoms with Crippen LogP contribution in [0, 0.1) is 0 Å². The molecule has 2 unspecified atom stereocenters. The van der Waals surface area contributed by atoms with Crippen LogP contribution in [0.15, 0.2) is 24.3 Å². The first-order chi connectivity index (χ1) is 8.13. The highest BCUT2D eigenvalue weighted by molar-refractivity contribution is 5.33. The predicted molar refractivity (Wildman–Crippen MR) is 64.9 cm³/mol. The lowest BCUT2D eigenvalue weighted by Gasteiger charge is -2.37. The Hall–Kier alpha value is -1.10. The molecule has 4 heteroatoms. The van der Waals surface area contributed by atoms with E-state index in [4.69, 9.17) is 4.74 Å². The number of rotatable bonds is 3. The van der Waals surface area contributed by atoms with Gasteiger partial charge in [0.15, 0.2) is 0 Å². The van der Waals surface area contributed by atoms with Crippen molar-refractivity contribution in [3.8, 4) is 5.75 Å². The van der Waals surface area contributed by atoms with Gasteiger partial charge in [0.05, 0.1) is 6.61 Å². The van der Waals surface area contributed by atoms with Gasteiger partial charge in [0.2, 0.25) is 0 Å². The number of ether oxygens (including phenoxy) is 1. The SMILES string of the molecule is CC1(O)CCNCC1Oc1ccccc1CO. The molecule has 1 aromatic rings. The maximum Gasteiger partial charge on any atom is 0.139 e. The van der Waals surface area contributed by atoms with Crippen LogP contribution in [0.3, 0.4) is 0 Å². The van der Waals surface area contributed by atoms with Gasteiger partial charge in [0.1, 0.15) is 17.5 Å². The Bertz CT molecular complexity index is 379. The number of hydrogen-bond acceptors (Lipinski definition) is 4. The van der Waals surface area contributed by atoms with E-state index in [9.17, 15) is 10.2 Å². The molecule has 3 N–H and O–H groups in total. The first kappa shape index (κ1) is 12.4. The largest absolute Gasteiger partial charge is 0.486 e. The molecule has 2 atom stereocenters. The molecule has 94 valence electrons. The fourth-order valence-electron chi connectivity index (χ4n) is 2.03. The second-order valence-corrected chi connectivity index (χ2v) is 4.68. The summed E-state index contributed by atoms with van der Waals surface area (Å²) in [6.07, 6.45) is 0.378. The lowest BCUT2D eigenvalue weighted by molar-refractivity contribution is -0.0663. The number of nitrogens with one attached hydrogen (secondary N) is 1. The van der Waals surface area contributed by atoms with E-state index in [-0.39, 0.29) is 12.7 Å². The molecule has 17 heavy (non-hydrogen) atoms. The zero-order valence-corrected chi connectivity index (χ0v) is 10.0. The molecule has 1 heterocycles. The van der Waals surface area contributed by atoms with Gasteiger partial charge in [-0.2, -0.15) is 0 Å². The van der Waals surface area contributed by atoms with Crippen molar-refractivity contribution in [2.75, 3.05) is 13.1 Å². The Kier molecular flexibility index (Phi) is 3.66. The molecule has 0 aliphatic carbocycles. The van der Waals surface area contributed by atoms with Crippen molar-refractivity contribution in [3.05, 3.63) is 29.8 Å². The molecule has 0 spiro atoms. The minimum absolute atomic E-state index is 0.0571. The zero-order chi connectivity index (χ0) is 12.3. The highest BCUT2D eigenvalue weighted by atomic mass is 16.5. The number of hydrogen-bond donors (Lipinski definition) is 3. The van der Waals surface area contributed by atoms with Gasteiger partial charge in [0, 0.05) is 12.1 Å². The Morgan fingerprint density at radius 1 is 1.47 bits per heavy atom. The molecular weight excluding hydrogens is 218 g/mol. The minimum Gasteiger partial charge on any atom is -0.486 e. The zero-order valence-electron chi connectivity index (χ0n) is 10.0. The van der Waals surface area contributed by atoms with Gasteiger partial charge in [0.25, 0.3) is 0 Å². The average Bonchev–Trinajstić information content (AvgIpc) is 2.32. The van der Waals surface area contributed by atoms with Crippen LogP contribution in [0.5, 0.6) is 5.75 Å². The van der Waals surface area contributed by atoms with E-state index in [1.807, 2.05) is 24.3 Å². The summed E-state index contributed by atoms with van der Waals surface area (Å²) in [7, 11) is 0. The van der Waals surface area contributed by atoms with Crippen molar-refractivity contribution >= 4 is 0 Å². The second-order valence-electron chi connectivity index (χ2n) is 4.68. The number of aliphatic hydroxyl groups excluding tert-OH is 1. The van der Waals surface area contributed by atoms with Gasteiger partial charge in [-0.25, -0.2) is 0 Å². The third-order valence-corrected chi connectivity index (χ3v) is 3.24. The normalized spacial score (nSPS) is 29.0. The monoisotopic (exact) mass is 237 g/mol. The van der Waals surface area contributed by atoms with Crippen molar-refractivity contribution in [2.24, 2.45) is 0 Å². The van der Waals surface area contributed by atoms with Crippen LogP contribution in [0.2, 0.25) is 0 Å². The number of benzene rings is 1. The van der Waals surface area contributed by atoms with E-state index >= 15 is 0 Å². The van der Waals surface area contributed by atoms with Gasteiger partial charge in [-0.3, -0.25) is 0 Å². The summed E-state index contributed by atoms with van der Waals surface area (Å²) in [5.41, 5.74) is -0.0813. The first-order valence-electron chi connectivity index (χ1n) is 5.92. The summed E-state index contributed by atoms with van der Waals surface area (Å²) in [5.74, 6) is 0.643. The van der Waals surface area contributed by atoms with Crippen LogP contribution >= 0.6 is 0 Å². The van der Waals surface area contributed by atoms with Crippen LogP contribution in [0.1, 0.15) is 18.9 Å². The van der Waals surface area contributed by atoms with E-state index in [1.165, 1.54) is 0 Å². The van der Waals surface area contributed by atoms with E-state index < -0.39 is 5.60 Å². The molecule has 1 saturated heterocycles. The van der Waals surface area contributed by atoms with Crippen LogP contribution in [0.25, 0.3) is 0 Å². The molecule has 4 nitrogen and oxygen atoms in total. The molecule has 0 amide bonds. The second kappa shape index (κ2) is 5.04. The summed E-state index contributed by atoms with van der Waals surface area (Å²) in [4.78, 5) is 0. The fraction of sp³-hybridized carbons (Fsp3) is 0.538. The topological polar surface area (TPSA) is 61.7 Å². The maximum absolute atomic E-state index is 10.2. The third kappa shape index (κ3) is 2.77. The smallest absolute Gasteiger partial charge is 0.139 e. The Morgan fingerprint density at radius 3 is 2.94 bits per heavy atom. The molecule has 2 rings (SSSR count). The number of piperidine rings is 1. The molecule has 1 aliphatic rings. The van der Waals surface area contributed by atoms with Crippen molar-refractivity contribution in [3.63, 3.8) is 0 Å². The molecule has 0 bridgehead atoms. The first-order valence-corrected chi connectivity index (χ1v) is 5.92. The quantitative estimate of drug-likeness (QED) is 0.723. The van der Waals surface area contributed by atoms with E-state index in [0.29, 0.717) is 18.7 Å². The molecule has 0 aromatic heterocycles. The maximum atomic E-state index is 10.2. The van der Waals surface area contributed by atoms with Crippen LogP contribution in [-0.2, 0) is 6.61 Å². The molecular formula is C13H19NO3. The van der Waals surface area contributed by atoms with Gasteiger partial charge in [-0.05, 0) is 26.0 Å². The average molecular weight is 237 g/mol. The van der Waals surface area contributed by atoms with Gasteiger partial charge in [-0.1, -0.05) is 18.2 Å². The summed E-state index contributed by atoms with van der Waals surface area (Å²) < 4.78 is 5.82. The fourth-order valence-corrected chi connectivity index (χ4v) is 2.03. The highest BCUT2D eigenvalue weighted by Gasteiger charge is 2.36. The molecule has 1 fully saturated rings. The van der Waals surface area contributed by atoms with Crippen molar-refractivity contribution in [1.29, 1.82) is 0 Å². The number of para-hydroxylation sites is 1. The standard InChI is InChI=1S/C13H19NO3/c1-13(16)6-7-14-8-12(13)17-11-5-3-2-4-10(11)9-15/h2-5,12,14-16H,6-9H2,1H3. The van der Waals surface area contributed by atoms with Gasteiger partial charge < -0.3 is 20.3 Å². The predicted octanol–water partition coefficient (Wildman–Crippen LogP) is 0.671. The van der Waals surface area contributed by atoms with E-state index in [1.54, 1.807) is 6.92 Å². The van der Waals surface area contributed by atoms with Crippen LogP contribution in [0.4, 0.5) is 0 Å². The molecule has 1 aromatic carbocycles. The Morgan fingerprint density at radius 2 is 2.24 bits per heavy atom. The van der Waals surface area contributed by atoms with Crippen molar-refractivity contribution in [1.82, 2.24) is 5.32 Å². The Labute approximate surface area is 101 Å². The Balaban J connectivity index is 2.14. The lowest BCUT2D eigenvalue weighted by atomic mass is 9.91. The summed E-state index contributed by atoms with van der Waals surface area (Å²) >= 11 is 0. The van der Waals surface area contributed by atoms with E-state index in [0.717, 1.165) is 12.1 Å². The van der Waals surface area contributed by atoms with Crippen LogP contribution < -0.4 is 10.1 Å². The molecule has 0 saturated carbocycles. The lowest BCUT2D eigenvalue weighted by Crippen LogP contribution is -2.55. The van der Waals surface area contributed by atoms with Crippen molar-refractivity contribution < 1.29 is 14.9 Å². The van der Waals surface area contributed by atoms with E-state index in [2.05, 4.69) is 5.32 Å². The third-order valence-electron chi connectivity index (χ3n) is 3.24. The number of aliphatic hydroxyl groups is 2. The molecule has 1 aliphatic heterocycles.